The van der Waals surface area contributed by atoms with Crippen molar-refractivity contribution in [3.05, 3.63) is 0 Å². The lowest BCUT2D eigenvalue weighted by atomic mass is 9.81. The summed E-state index contributed by atoms with van der Waals surface area (Å²) in [6.45, 7) is -0.0252. The Morgan fingerprint density at radius 3 is 2.50 bits per heavy atom. The maximum absolute atomic E-state index is 12.0. The molecule has 18 heavy (non-hydrogen) atoms. The van der Waals surface area contributed by atoms with Crippen LogP contribution < -0.4 is 11.1 Å². The molecule has 0 unspecified atom stereocenters. The summed E-state index contributed by atoms with van der Waals surface area (Å²) >= 11 is 0. The number of carboxylic acid groups (broad SMARTS) is 1. The van der Waals surface area contributed by atoms with Crippen molar-refractivity contribution in [2.24, 2.45) is 21.5 Å². The van der Waals surface area contributed by atoms with Crippen LogP contribution in [0.25, 0.3) is 0 Å². The number of hydrogen-bond donors (Lipinski definition) is 4. The number of amidine groups is 1. The van der Waals surface area contributed by atoms with Crippen LogP contribution in [0.2, 0.25) is 0 Å². The van der Waals surface area contributed by atoms with Crippen molar-refractivity contribution >= 4 is 17.7 Å². The number of nitrogens with zero attached hydrogens (tertiary/aromatic N) is 2. The molecular weight excluding hydrogens is 238 g/mol. The van der Waals surface area contributed by atoms with Gasteiger partial charge in [0.05, 0.1) is 18.4 Å². The molecule has 5 N–H and O–H groups in total. The molecule has 1 aliphatic rings. The van der Waals surface area contributed by atoms with Gasteiger partial charge < -0.3 is 16.2 Å². The summed E-state index contributed by atoms with van der Waals surface area (Å²) in [7, 11) is 0. The van der Waals surface area contributed by atoms with Crippen LogP contribution in [0.5, 0.6) is 0 Å². The van der Waals surface area contributed by atoms with E-state index in [4.69, 9.17) is 16.4 Å². The molecule has 0 bridgehead atoms. The molecule has 8 heteroatoms. The zero-order chi connectivity index (χ0) is 13.6. The van der Waals surface area contributed by atoms with Gasteiger partial charge in [-0.15, -0.1) is 5.10 Å². The molecule has 0 radical (unpaired) electrons. The van der Waals surface area contributed by atoms with Crippen molar-refractivity contribution in [1.29, 1.82) is 5.53 Å². The Morgan fingerprint density at radius 1 is 1.39 bits per heavy atom. The van der Waals surface area contributed by atoms with Gasteiger partial charge in [-0.1, -0.05) is 18.1 Å². The molecule has 0 atom stereocenters. The van der Waals surface area contributed by atoms with Crippen LogP contribution in [0.15, 0.2) is 10.3 Å². The Hall–Kier alpha value is -1.99. The average Bonchev–Trinajstić information content (AvgIpc) is 2.75. The fourth-order valence-corrected chi connectivity index (χ4v) is 2.28. The molecule has 0 aromatic rings. The summed E-state index contributed by atoms with van der Waals surface area (Å²) in [6.07, 6.45) is 2.69. The molecule has 1 amide bonds. The van der Waals surface area contributed by atoms with Gasteiger partial charge in [-0.2, -0.15) is 5.53 Å². The summed E-state index contributed by atoms with van der Waals surface area (Å²) in [5, 5.41) is 17.4. The largest absolute Gasteiger partial charge is 0.481 e. The van der Waals surface area contributed by atoms with E-state index < -0.39 is 11.4 Å². The minimum absolute atomic E-state index is 0.0156. The molecule has 1 rings (SSSR count). The number of rotatable bonds is 6. The van der Waals surface area contributed by atoms with Crippen LogP contribution in [0.3, 0.4) is 0 Å². The normalized spacial score (nSPS) is 18.3. The van der Waals surface area contributed by atoms with Crippen LogP contribution in [0.4, 0.5) is 0 Å². The standard InChI is InChI=1S/C10H17N5O3/c11-7(14-15-12)6-13-9(18)10(5-8(16)17)3-1-2-4-10/h1-6H2,(H,13,18)(H,16,17)(H3,11,12,14). The third kappa shape index (κ3) is 3.51. The number of carbonyl (C=O) groups is 2. The average molecular weight is 255 g/mol. The number of nitrogens with two attached hydrogens (primary N) is 1. The van der Waals surface area contributed by atoms with Gasteiger partial charge in [0.15, 0.2) is 0 Å². The van der Waals surface area contributed by atoms with Gasteiger partial charge in [-0.25, -0.2) is 0 Å². The van der Waals surface area contributed by atoms with E-state index in [0.29, 0.717) is 12.8 Å². The van der Waals surface area contributed by atoms with Crippen LogP contribution in [-0.2, 0) is 9.59 Å². The second-order valence-corrected chi connectivity index (χ2v) is 4.43. The molecule has 0 aromatic heterocycles. The van der Waals surface area contributed by atoms with E-state index in [1.165, 1.54) is 0 Å². The molecule has 8 nitrogen and oxygen atoms in total. The zero-order valence-corrected chi connectivity index (χ0v) is 9.98. The van der Waals surface area contributed by atoms with Crippen molar-refractivity contribution in [2.75, 3.05) is 6.54 Å². The summed E-state index contributed by atoms with van der Waals surface area (Å²) in [6, 6.07) is 0. The van der Waals surface area contributed by atoms with E-state index >= 15 is 0 Å². The number of carboxylic acids is 1. The molecule has 0 spiro atoms. The van der Waals surface area contributed by atoms with E-state index in [9.17, 15) is 9.59 Å². The summed E-state index contributed by atoms with van der Waals surface area (Å²) in [5.41, 5.74) is 11.0. The van der Waals surface area contributed by atoms with E-state index in [1.54, 1.807) is 0 Å². The first kappa shape index (κ1) is 14.1. The fourth-order valence-electron chi connectivity index (χ4n) is 2.28. The molecule has 1 saturated carbocycles. The van der Waals surface area contributed by atoms with Crippen molar-refractivity contribution in [3.8, 4) is 0 Å². The van der Waals surface area contributed by atoms with Crippen molar-refractivity contribution in [2.45, 2.75) is 32.1 Å². The lowest BCUT2D eigenvalue weighted by Gasteiger charge is -2.25. The smallest absolute Gasteiger partial charge is 0.304 e. The maximum Gasteiger partial charge on any atom is 0.304 e. The van der Waals surface area contributed by atoms with Gasteiger partial charge in [-0.3, -0.25) is 9.59 Å². The number of amides is 1. The van der Waals surface area contributed by atoms with Crippen molar-refractivity contribution < 1.29 is 14.7 Å². The fraction of sp³-hybridized carbons (Fsp3) is 0.700. The van der Waals surface area contributed by atoms with Crippen LogP contribution >= 0.6 is 0 Å². The van der Waals surface area contributed by atoms with Gasteiger partial charge >= 0.3 is 5.97 Å². The molecule has 0 heterocycles. The quantitative estimate of drug-likeness (QED) is 0.236. The molecule has 1 aliphatic carbocycles. The monoisotopic (exact) mass is 255 g/mol. The Morgan fingerprint density at radius 2 is 2.00 bits per heavy atom. The lowest BCUT2D eigenvalue weighted by molar-refractivity contribution is -0.145. The Kier molecular flexibility index (Phi) is 4.75. The Bertz CT molecular complexity index is 374. The van der Waals surface area contributed by atoms with E-state index in [2.05, 4.69) is 15.6 Å². The molecular formula is C10H17N5O3. The minimum atomic E-state index is -0.977. The first-order chi connectivity index (χ1) is 8.50. The first-order valence-electron chi connectivity index (χ1n) is 5.69. The second-order valence-electron chi connectivity index (χ2n) is 4.43. The molecule has 0 aliphatic heterocycles. The predicted octanol–water partition coefficient (Wildman–Crippen LogP) is 0.441. The Balaban J connectivity index is 2.63. The van der Waals surface area contributed by atoms with Crippen LogP contribution in [-0.4, -0.2) is 29.4 Å². The maximum atomic E-state index is 12.0. The molecule has 0 saturated heterocycles. The van der Waals surface area contributed by atoms with Crippen molar-refractivity contribution in [3.63, 3.8) is 0 Å². The topological polar surface area (TPSA) is 141 Å². The molecule has 0 aromatic carbocycles. The van der Waals surface area contributed by atoms with Crippen LogP contribution in [0.1, 0.15) is 32.1 Å². The highest BCUT2D eigenvalue weighted by Gasteiger charge is 2.42. The van der Waals surface area contributed by atoms with Gasteiger partial charge in [0.25, 0.3) is 0 Å². The lowest BCUT2D eigenvalue weighted by Crippen LogP contribution is -2.44. The molecule has 100 valence electrons. The highest BCUT2D eigenvalue weighted by atomic mass is 16.4. The first-order valence-corrected chi connectivity index (χ1v) is 5.69. The summed E-state index contributed by atoms with van der Waals surface area (Å²) in [4.78, 5) is 22.9. The van der Waals surface area contributed by atoms with Crippen molar-refractivity contribution in [1.82, 2.24) is 5.32 Å². The number of nitrogens with one attached hydrogen (secondary N) is 2. The zero-order valence-electron chi connectivity index (χ0n) is 9.98. The third-order valence-corrected chi connectivity index (χ3v) is 3.14. The van der Waals surface area contributed by atoms with Gasteiger partial charge in [0.1, 0.15) is 5.84 Å². The SMILES string of the molecule is N=N/N=C(\N)CNC(=O)C1(CC(=O)O)CCCC1. The summed E-state index contributed by atoms with van der Waals surface area (Å²) < 4.78 is 0. The highest BCUT2D eigenvalue weighted by Crippen LogP contribution is 2.41. The predicted molar refractivity (Wildman–Crippen MR) is 62.9 cm³/mol. The second kappa shape index (κ2) is 6.08. The third-order valence-electron chi connectivity index (χ3n) is 3.14. The number of aliphatic carboxylic acids is 1. The summed E-state index contributed by atoms with van der Waals surface area (Å²) in [5.74, 6) is -1.28. The van der Waals surface area contributed by atoms with Crippen LogP contribution in [0, 0.1) is 10.9 Å². The van der Waals surface area contributed by atoms with Gasteiger partial charge in [0, 0.05) is 0 Å². The Labute approximate surface area is 104 Å². The minimum Gasteiger partial charge on any atom is -0.481 e. The number of carbonyl (C=O) groups excluding carboxylic acids is 1. The van der Waals surface area contributed by atoms with E-state index in [0.717, 1.165) is 12.8 Å². The van der Waals surface area contributed by atoms with E-state index in [1.807, 2.05) is 0 Å². The number of hydrogen-bond acceptors (Lipinski definition) is 4. The van der Waals surface area contributed by atoms with E-state index in [-0.39, 0.29) is 24.7 Å². The molecule has 1 fully saturated rings. The van der Waals surface area contributed by atoms with Gasteiger partial charge in [0.2, 0.25) is 5.91 Å². The highest BCUT2D eigenvalue weighted by molar-refractivity contribution is 5.91. The van der Waals surface area contributed by atoms with Gasteiger partial charge in [-0.05, 0) is 12.8 Å².